The molecule has 2 atom stereocenters. The first-order chi connectivity index (χ1) is 12.4. The summed E-state index contributed by atoms with van der Waals surface area (Å²) in [7, 11) is 0. The number of nitrogens with two attached hydrogens (primary N) is 1. The summed E-state index contributed by atoms with van der Waals surface area (Å²) in [5.41, 5.74) is 7.02. The van der Waals surface area contributed by atoms with Crippen molar-refractivity contribution in [3.63, 3.8) is 0 Å². The van der Waals surface area contributed by atoms with E-state index in [0.29, 0.717) is 11.5 Å². The Morgan fingerprint density at radius 1 is 1.12 bits per heavy atom. The molecule has 2 aliphatic carbocycles. The number of carbonyl (C=O) groups is 2. The number of hydrogen-bond acceptors (Lipinski definition) is 3. The molecule has 4 rings (SSSR count). The standard InChI is InChI=1S/C21H29N3O2/c1-21(2)13-23(10-11-24(21)16-4-3-5-16)20(26)18-12-17(18)14-6-8-15(9-7-14)19(22)25/h6-9,16-18H,3-5,10-13H2,1-2H3,(H2,22,25)/t17-,18+/m1/s1. The van der Waals surface area contributed by atoms with Gasteiger partial charge in [0.15, 0.2) is 0 Å². The smallest absolute Gasteiger partial charge is 0.248 e. The van der Waals surface area contributed by atoms with Crippen molar-refractivity contribution in [2.24, 2.45) is 11.7 Å². The molecule has 1 aromatic carbocycles. The molecule has 5 nitrogen and oxygen atoms in total. The average Bonchev–Trinajstić information content (AvgIpc) is 3.34. The van der Waals surface area contributed by atoms with Crippen molar-refractivity contribution in [1.29, 1.82) is 0 Å². The summed E-state index contributed by atoms with van der Waals surface area (Å²) in [5, 5.41) is 0. The maximum Gasteiger partial charge on any atom is 0.248 e. The molecule has 0 radical (unpaired) electrons. The summed E-state index contributed by atoms with van der Waals surface area (Å²) in [4.78, 5) is 28.9. The van der Waals surface area contributed by atoms with E-state index in [9.17, 15) is 9.59 Å². The van der Waals surface area contributed by atoms with E-state index in [2.05, 4.69) is 23.6 Å². The molecule has 0 bridgehead atoms. The van der Waals surface area contributed by atoms with Gasteiger partial charge in [0.2, 0.25) is 11.8 Å². The first-order valence-corrected chi connectivity index (χ1v) is 9.82. The average molecular weight is 355 g/mol. The van der Waals surface area contributed by atoms with E-state index in [1.165, 1.54) is 19.3 Å². The zero-order valence-corrected chi connectivity index (χ0v) is 15.8. The highest BCUT2D eigenvalue weighted by Gasteiger charge is 2.48. The van der Waals surface area contributed by atoms with E-state index in [1.807, 2.05) is 12.1 Å². The van der Waals surface area contributed by atoms with Crippen molar-refractivity contribution in [2.45, 2.75) is 57.0 Å². The van der Waals surface area contributed by atoms with E-state index in [-0.39, 0.29) is 17.4 Å². The minimum Gasteiger partial charge on any atom is -0.366 e. The predicted octanol–water partition coefficient (Wildman–Crippen LogP) is 2.36. The molecular formula is C21H29N3O2. The van der Waals surface area contributed by atoms with Crippen LogP contribution in [-0.4, -0.2) is 52.8 Å². The van der Waals surface area contributed by atoms with Gasteiger partial charge in [-0.15, -0.1) is 0 Å². The van der Waals surface area contributed by atoms with Crippen molar-refractivity contribution in [2.75, 3.05) is 19.6 Å². The van der Waals surface area contributed by atoms with Gasteiger partial charge < -0.3 is 10.6 Å². The maximum absolute atomic E-state index is 13.0. The maximum atomic E-state index is 13.0. The molecule has 5 heteroatoms. The molecular weight excluding hydrogens is 326 g/mol. The van der Waals surface area contributed by atoms with Crippen LogP contribution in [0, 0.1) is 5.92 Å². The fourth-order valence-electron chi connectivity index (χ4n) is 4.70. The molecule has 140 valence electrons. The van der Waals surface area contributed by atoms with Gasteiger partial charge in [-0.25, -0.2) is 0 Å². The third kappa shape index (κ3) is 3.13. The molecule has 0 spiro atoms. The number of rotatable bonds is 4. The lowest BCUT2D eigenvalue weighted by molar-refractivity contribution is -0.139. The van der Waals surface area contributed by atoms with Gasteiger partial charge in [-0.3, -0.25) is 14.5 Å². The number of amides is 2. The first-order valence-electron chi connectivity index (χ1n) is 9.82. The molecule has 1 heterocycles. The third-order valence-electron chi connectivity index (χ3n) is 6.52. The Morgan fingerprint density at radius 3 is 2.35 bits per heavy atom. The van der Waals surface area contributed by atoms with Crippen molar-refractivity contribution in [1.82, 2.24) is 9.80 Å². The lowest BCUT2D eigenvalue weighted by atomic mass is 9.86. The van der Waals surface area contributed by atoms with E-state index >= 15 is 0 Å². The summed E-state index contributed by atoms with van der Waals surface area (Å²) >= 11 is 0. The van der Waals surface area contributed by atoms with E-state index in [4.69, 9.17) is 5.73 Å². The number of piperazine rings is 1. The molecule has 0 unspecified atom stereocenters. The quantitative estimate of drug-likeness (QED) is 0.902. The minimum absolute atomic E-state index is 0.0620. The first kappa shape index (κ1) is 17.5. The highest BCUT2D eigenvalue weighted by atomic mass is 16.2. The topological polar surface area (TPSA) is 66.6 Å². The van der Waals surface area contributed by atoms with Crippen LogP contribution in [0.5, 0.6) is 0 Å². The number of hydrogen-bond donors (Lipinski definition) is 1. The molecule has 2 amide bonds. The Kier molecular flexibility index (Phi) is 4.30. The summed E-state index contributed by atoms with van der Waals surface area (Å²) in [6.07, 6.45) is 4.88. The van der Waals surface area contributed by atoms with E-state index in [0.717, 1.165) is 37.7 Å². The second-order valence-corrected chi connectivity index (χ2v) is 8.79. The molecule has 1 aromatic rings. The van der Waals surface area contributed by atoms with Crippen LogP contribution < -0.4 is 5.73 Å². The van der Waals surface area contributed by atoms with Gasteiger partial charge in [0.1, 0.15) is 0 Å². The van der Waals surface area contributed by atoms with Crippen LogP contribution in [-0.2, 0) is 4.79 Å². The lowest BCUT2D eigenvalue weighted by Gasteiger charge is -2.53. The van der Waals surface area contributed by atoms with Crippen molar-refractivity contribution >= 4 is 11.8 Å². The molecule has 1 aliphatic heterocycles. The van der Waals surface area contributed by atoms with Crippen LogP contribution in [0.4, 0.5) is 0 Å². The monoisotopic (exact) mass is 355 g/mol. The molecule has 2 N–H and O–H groups in total. The van der Waals surface area contributed by atoms with Gasteiger partial charge in [0.25, 0.3) is 0 Å². The molecule has 26 heavy (non-hydrogen) atoms. The second-order valence-electron chi connectivity index (χ2n) is 8.79. The van der Waals surface area contributed by atoms with Crippen LogP contribution in [0.1, 0.15) is 61.4 Å². The SMILES string of the molecule is CC1(C)CN(C(=O)[C@H]2C[C@@H]2c2ccc(C(N)=O)cc2)CCN1C1CCC1. The van der Waals surface area contributed by atoms with Crippen LogP contribution in [0.15, 0.2) is 24.3 Å². The van der Waals surface area contributed by atoms with Gasteiger partial charge >= 0.3 is 0 Å². The van der Waals surface area contributed by atoms with Gasteiger partial charge in [0, 0.05) is 42.7 Å². The van der Waals surface area contributed by atoms with Crippen LogP contribution >= 0.6 is 0 Å². The van der Waals surface area contributed by atoms with E-state index in [1.54, 1.807) is 12.1 Å². The summed E-state index contributed by atoms with van der Waals surface area (Å²) in [6, 6.07) is 8.13. The summed E-state index contributed by atoms with van der Waals surface area (Å²) in [6.45, 7) is 7.22. The Morgan fingerprint density at radius 2 is 1.81 bits per heavy atom. The normalized spacial score (nSPS) is 28.5. The molecule has 2 saturated carbocycles. The van der Waals surface area contributed by atoms with Crippen LogP contribution in [0.2, 0.25) is 0 Å². The van der Waals surface area contributed by atoms with Crippen molar-refractivity contribution < 1.29 is 9.59 Å². The fourth-order valence-corrected chi connectivity index (χ4v) is 4.70. The number of carbonyl (C=O) groups excluding carboxylic acids is 2. The highest BCUT2D eigenvalue weighted by molar-refractivity contribution is 5.92. The lowest BCUT2D eigenvalue weighted by Crippen LogP contribution is -2.64. The molecule has 0 aromatic heterocycles. The molecule has 3 fully saturated rings. The van der Waals surface area contributed by atoms with Gasteiger partial charge in [-0.2, -0.15) is 0 Å². The van der Waals surface area contributed by atoms with Crippen LogP contribution in [0.25, 0.3) is 0 Å². The number of benzene rings is 1. The highest BCUT2D eigenvalue weighted by Crippen LogP contribution is 2.49. The van der Waals surface area contributed by atoms with Crippen LogP contribution in [0.3, 0.4) is 0 Å². The number of primary amides is 1. The molecule has 3 aliphatic rings. The fraction of sp³-hybridized carbons (Fsp3) is 0.619. The Balaban J connectivity index is 1.37. The minimum atomic E-state index is -0.411. The van der Waals surface area contributed by atoms with E-state index < -0.39 is 5.91 Å². The molecule has 1 saturated heterocycles. The Hall–Kier alpha value is -1.88. The van der Waals surface area contributed by atoms with Gasteiger partial charge in [-0.1, -0.05) is 18.6 Å². The zero-order valence-electron chi connectivity index (χ0n) is 15.8. The largest absolute Gasteiger partial charge is 0.366 e. The Labute approximate surface area is 155 Å². The number of nitrogens with zero attached hydrogens (tertiary/aromatic N) is 2. The summed E-state index contributed by atoms with van der Waals surface area (Å²) < 4.78 is 0. The third-order valence-corrected chi connectivity index (χ3v) is 6.52. The van der Waals surface area contributed by atoms with Gasteiger partial charge in [-0.05, 0) is 56.7 Å². The Bertz CT molecular complexity index is 708. The van der Waals surface area contributed by atoms with Gasteiger partial charge in [0.05, 0.1) is 0 Å². The second kappa shape index (κ2) is 6.38. The zero-order chi connectivity index (χ0) is 18.5. The van der Waals surface area contributed by atoms with Crippen molar-refractivity contribution in [3.05, 3.63) is 35.4 Å². The predicted molar refractivity (Wildman–Crippen MR) is 101 cm³/mol. The summed E-state index contributed by atoms with van der Waals surface area (Å²) in [5.74, 6) is 0.277. The van der Waals surface area contributed by atoms with Crippen molar-refractivity contribution in [3.8, 4) is 0 Å².